The molecule has 2 aromatic carbocycles. The zero-order valence-electron chi connectivity index (χ0n) is 18.4. The molecule has 4 nitrogen and oxygen atoms in total. The molecule has 3 atom stereocenters. The first-order valence-electron chi connectivity index (χ1n) is 11.6. The third-order valence-electron chi connectivity index (χ3n) is 8.18. The van der Waals surface area contributed by atoms with E-state index >= 15 is 0 Å². The van der Waals surface area contributed by atoms with Crippen molar-refractivity contribution in [2.24, 2.45) is 11.8 Å². The van der Waals surface area contributed by atoms with Gasteiger partial charge in [-0.1, -0.05) is 56.3 Å². The Balaban J connectivity index is 1.31. The Kier molecular flexibility index (Phi) is 4.38. The van der Waals surface area contributed by atoms with Crippen LogP contribution >= 0.6 is 0 Å². The van der Waals surface area contributed by atoms with Gasteiger partial charge in [-0.2, -0.15) is 5.10 Å². The second-order valence-corrected chi connectivity index (χ2v) is 9.72. The number of fused-ring (bicyclic) bond motifs is 3. The van der Waals surface area contributed by atoms with Crippen LogP contribution in [0.2, 0.25) is 0 Å². The number of nitrogens with zero attached hydrogens (tertiary/aromatic N) is 2. The molecule has 160 valence electrons. The first kappa shape index (κ1) is 19.3. The van der Waals surface area contributed by atoms with E-state index in [2.05, 4.69) is 79.3 Å². The summed E-state index contributed by atoms with van der Waals surface area (Å²) in [6.45, 7) is 6.21. The average Bonchev–Trinajstić information content (AvgIpc) is 3.47. The van der Waals surface area contributed by atoms with Crippen LogP contribution in [-0.2, 0) is 21.3 Å². The Morgan fingerprint density at radius 2 is 1.65 bits per heavy atom. The van der Waals surface area contributed by atoms with Crippen LogP contribution in [0.5, 0.6) is 0 Å². The maximum atomic E-state index is 6.15. The molecule has 1 saturated carbocycles. The maximum Gasteiger partial charge on any atom is 0.171 e. The third-order valence-corrected chi connectivity index (χ3v) is 8.18. The van der Waals surface area contributed by atoms with Gasteiger partial charge in [0.2, 0.25) is 0 Å². The Morgan fingerprint density at radius 3 is 2.39 bits per heavy atom. The Morgan fingerprint density at radius 1 is 0.935 bits per heavy atom. The number of aryl methyl sites for hydroxylation is 1. The molecular formula is C27H30N2O2. The zero-order chi connectivity index (χ0) is 21.1. The number of hydrogen-bond acceptors (Lipinski definition) is 3. The van der Waals surface area contributed by atoms with Crippen molar-refractivity contribution in [3.05, 3.63) is 72.1 Å². The van der Waals surface area contributed by atoms with Crippen LogP contribution in [0.25, 0.3) is 16.8 Å². The van der Waals surface area contributed by atoms with E-state index in [4.69, 9.17) is 14.6 Å². The largest absolute Gasteiger partial charge is 0.347 e. The van der Waals surface area contributed by atoms with E-state index in [1.165, 1.54) is 28.8 Å². The van der Waals surface area contributed by atoms with Crippen molar-refractivity contribution in [2.75, 3.05) is 13.2 Å². The van der Waals surface area contributed by atoms with E-state index in [0.717, 1.165) is 38.2 Å². The summed E-state index contributed by atoms with van der Waals surface area (Å²) in [4.78, 5) is 0. The van der Waals surface area contributed by atoms with Gasteiger partial charge < -0.3 is 9.47 Å². The minimum atomic E-state index is -0.364. The first-order valence-corrected chi connectivity index (χ1v) is 11.6. The average molecular weight is 415 g/mol. The minimum Gasteiger partial charge on any atom is -0.347 e. The van der Waals surface area contributed by atoms with Gasteiger partial charge in [0.1, 0.15) is 0 Å². The highest BCUT2D eigenvalue weighted by molar-refractivity contribution is 5.64. The zero-order valence-corrected chi connectivity index (χ0v) is 18.4. The minimum absolute atomic E-state index is 0.0861. The van der Waals surface area contributed by atoms with E-state index in [0.29, 0.717) is 11.8 Å². The monoisotopic (exact) mass is 414 g/mol. The van der Waals surface area contributed by atoms with Crippen LogP contribution in [0.1, 0.15) is 44.4 Å². The first-order chi connectivity index (χ1) is 15.1. The molecule has 1 saturated heterocycles. The van der Waals surface area contributed by atoms with Crippen LogP contribution in [0.3, 0.4) is 0 Å². The number of aromatic nitrogens is 2. The summed E-state index contributed by atoms with van der Waals surface area (Å²) in [5, 5.41) is 5.16. The van der Waals surface area contributed by atoms with Crippen molar-refractivity contribution in [1.82, 2.24) is 9.78 Å². The van der Waals surface area contributed by atoms with Gasteiger partial charge in [0.25, 0.3) is 0 Å². The lowest BCUT2D eigenvalue weighted by Crippen LogP contribution is -2.55. The smallest absolute Gasteiger partial charge is 0.171 e. The summed E-state index contributed by atoms with van der Waals surface area (Å²) in [7, 11) is 0. The highest BCUT2D eigenvalue weighted by atomic mass is 16.7. The SMILES string of the molecule is C[C@@H]1[C@H]2CCc3cn(-c4ccc(-c5ccccc5)cc4)nc3[C@]2(C)CCC12OCCO2. The Labute approximate surface area is 184 Å². The van der Waals surface area contributed by atoms with E-state index in [-0.39, 0.29) is 11.2 Å². The van der Waals surface area contributed by atoms with Gasteiger partial charge in [-0.25, -0.2) is 4.68 Å². The van der Waals surface area contributed by atoms with Crippen molar-refractivity contribution < 1.29 is 9.47 Å². The molecule has 0 bridgehead atoms. The van der Waals surface area contributed by atoms with Crippen LogP contribution in [0.4, 0.5) is 0 Å². The number of rotatable bonds is 2. The molecule has 1 aliphatic heterocycles. The molecule has 3 aromatic rings. The summed E-state index contributed by atoms with van der Waals surface area (Å²) in [6, 6.07) is 19.3. The number of hydrogen-bond donors (Lipinski definition) is 0. The third kappa shape index (κ3) is 2.92. The fraction of sp³-hybridized carbons (Fsp3) is 0.444. The summed E-state index contributed by atoms with van der Waals surface area (Å²) >= 11 is 0. The lowest BCUT2D eigenvalue weighted by molar-refractivity contribution is -0.234. The molecular weight excluding hydrogens is 384 g/mol. The molecule has 31 heavy (non-hydrogen) atoms. The van der Waals surface area contributed by atoms with Crippen molar-refractivity contribution in [3.63, 3.8) is 0 Å². The van der Waals surface area contributed by atoms with Crippen LogP contribution < -0.4 is 0 Å². The lowest BCUT2D eigenvalue weighted by Gasteiger charge is -2.53. The fourth-order valence-corrected chi connectivity index (χ4v) is 6.40. The second-order valence-electron chi connectivity index (χ2n) is 9.72. The molecule has 2 heterocycles. The van der Waals surface area contributed by atoms with E-state index < -0.39 is 0 Å². The summed E-state index contributed by atoms with van der Waals surface area (Å²) in [6.07, 6.45) is 6.54. The topological polar surface area (TPSA) is 36.3 Å². The van der Waals surface area contributed by atoms with Crippen LogP contribution in [-0.4, -0.2) is 28.8 Å². The molecule has 6 rings (SSSR count). The second kappa shape index (κ2) is 7.04. The Hall–Kier alpha value is -2.43. The van der Waals surface area contributed by atoms with Crippen LogP contribution in [0.15, 0.2) is 60.8 Å². The van der Waals surface area contributed by atoms with E-state index in [9.17, 15) is 0 Å². The molecule has 0 unspecified atom stereocenters. The molecule has 0 amide bonds. The van der Waals surface area contributed by atoms with Gasteiger partial charge in [-0.15, -0.1) is 0 Å². The van der Waals surface area contributed by atoms with Crippen molar-refractivity contribution in [1.29, 1.82) is 0 Å². The normalized spacial score (nSPS) is 29.0. The van der Waals surface area contributed by atoms with Gasteiger partial charge in [0.15, 0.2) is 5.79 Å². The molecule has 2 fully saturated rings. The van der Waals surface area contributed by atoms with Gasteiger partial charge in [0, 0.05) is 24.0 Å². The Bertz CT molecular complexity index is 1080. The fourth-order valence-electron chi connectivity index (χ4n) is 6.40. The highest BCUT2D eigenvalue weighted by Gasteiger charge is 2.57. The summed E-state index contributed by atoms with van der Waals surface area (Å²) in [5.41, 5.74) is 6.37. The molecule has 4 heteroatoms. The molecule has 1 aromatic heterocycles. The predicted octanol–water partition coefficient (Wildman–Crippen LogP) is 5.53. The quantitative estimate of drug-likeness (QED) is 0.553. The van der Waals surface area contributed by atoms with Gasteiger partial charge in [-0.05, 0) is 54.0 Å². The number of benzene rings is 2. The van der Waals surface area contributed by atoms with Crippen molar-refractivity contribution >= 4 is 0 Å². The lowest BCUT2D eigenvalue weighted by atomic mass is 9.55. The van der Waals surface area contributed by atoms with E-state index in [1.54, 1.807) is 0 Å². The van der Waals surface area contributed by atoms with Crippen molar-refractivity contribution in [3.8, 4) is 16.8 Å². The molecule has 2 aliphatic carbocycles. The summed E-state index contributed by atoms with van der Waals surface area (Å²) in [5.74, 6) is 0.560. The predicted molar refractivity (Wildman–Crippen MR) is 121 cm³/mol. The highest BCUT2D eigenvalue weighted by Crippen LogP contribution is 2.56. The molecule has 3 aliphatic rings. The molecule has 0 N–H and O–H groups in total. The maximum absolute atomic E-state index is 6.15. The molecule has 0 radical (unpaired) electrons. The van der Waals surface area contributed by atoms with E-state index in [1.807, 2.05) is 0 Å². The van der Waals surface area contributed by atoms with Gasteiger partial charge in [-0.3, -0.25) is 0 Å². The van der Waals surface area contributed by atoms with Crippen LogP contribution in [0, 0.1) is 11.8 Å². The van der Waals surface area contributed by atoms with Crippen molar-refractivity contribution in [2.45, 2.75) is 50.7 Å². The molecule has 1 spiro atoms. The standard InChI is InChI=1S/C27H30N2O2/c1-19-24-13-10-22-18-29(23-11-8-21(9-12-23)20-6-4-3-5-7-20)28-25(22)26(24,2)14-15-27(19)30-16-17-31-27/h3-9,11-12,18-19,24H,10,13-17H2,1-2H3/t19-,24-,26-/m1/s1. The van der Waals surface area contributed by atoms with Gasteiger partial charge >= 0.3 is 0 Å². The number of ether oxygens (including phenoxy) is 2. The summed E-state index contributed by atoms with van der Waals surface area (Å²) < 4.78 is 14.4. The van der Waals surface area contributed by atoms with Gasteiger partial charge in [0.05, 0.1) is 24.6 Å².